The number of anilines is 7. The average Bonchev–Trinajstić information content (AvgIpc) is 3.30. The maximum absolute atomic E-state index is 12.8. The van der Waals surface area contributed by atoms with Gasteiger partial charge in [0.15, 0.2) is 0 Å². The number of halogens is 1. The molecular formula is C41H53ClN8O4Y7. The van der Waals surface area contributed by atoms with E-state index < -0.39 is 0 Å². The molecular weight excluding hydrogens is 1330 g/mol. The fourth-order valence-electron chi connectivity index (χ4n) is 7.25. The molecule has 61 heavy (non-hydrogen) atoms. The van der Waals surface area contributed by atoms with E-state index in [4.69, 9.17) is 22.4 Å². The Morgan fingerprint density at radius 2 is 0.967 bits per heavy atom. The van der Waals surface area contributed by atoms with Gasteiger partial charge >= 0.3 is 0 Å². The third-order valence-electron chi connectivity index (χ3n) is 10.5. The van der Waals surface area contributed by atoms with Crippen molar-refractivity contribution in [3.05, 3.63) is 89.3 Å². The number of benzene rings is 2. The molecule has 7 radical (unpaired) electrons. The minimum atomic E-state index is -0.171. The van der Waals surface area contributed by atoms with Gasteiger partial charge in [0.05, 0.1) is 69.9 Å². The molecule has 0 spiro atoms. The summed E-state index contributed by atoms with van der Waals surface area (Å²) < 4.78 is 0. The van der Waals surface area contributed by atoms with Gasteiger partial charge in [0.25, 0.3) is 11.8 Å². The normalized spacial score (nSPS) is 19.1. The Kier molecular flexibility index (Phi) is 36.6. The topological polar surface area (TPSA) is 151 Å². The van der Waals surface area contributed by atoms with Gasteiger partial charge in [0, 0.05) is 281 Å². The summed E-state index contributed by atoms with van der Waals surface area (Å²) in [6, 6.07) is 19.6. The van der Waals surface area contributed by atoms with Crippen LogP contribution < -0.4 is 30.7 Å². The number of rotatable bonds is 2. The van der Waals surface area contributed by atoms with E-state index in [0.717, 1.165) is 91.3 Å². The van der Waals surface area contributed by atoms with Gasteiger partial charge in [-0.2, -0.15) is 0 Å². The molecule has 2 saturated carbocycles. The number of aromatic nitrogens is 2. The molecule has 20 heteroatoms. The van der Waals surface area contributed by atoms with Crippen molar-refractivity contribution in [2.24, 2.45) is 5.73 Å². The van der Waals surface area contributed by atoms with Crippen LogP contribution in [-0.4, -0.2) is 84.5 Å². The van der Waals surface area contributed by atoms with Crippen LogP contribution in [0.3, 0.4) is 0 Å². The fourth-order valence-corrected chi connectivity index (χ4v) is 7.40. The second kappa shape index (κ2) is 32.7. The number of para-hydroxylation sites is 2. The molecule has 4 aliphatic rings. The number of aliphatic hydroxyl groups is 2. The van der Waals surface area contributed by atoms with E-state index in [2.05, 4.69) is 15.3 Å². The number of hydrogen-bond donors (Lipinski definition) is 4. The minimum Gasteiger partial charge on any atom is -0.393 e. The first-order valence-electron chi connectivity index (χ1n) is 18.2. The van der Waals surface area contributed by atoms with Crippen LogP contribution in [0.15, 0.2) is 73.1 Å². The number of carbonyl (C=O) groups excluding carboxylic acids is 2. The first-order chi connectivity index (χ1) is 25.4. The van der Waals surface area contributed by atoms with Crippen molar-refractivity contribution in [3.63, 3.8) is 0 Å². The fraction of sp³-hybridized carbons (Fsp3) is 0.415. The standard InChI is InChI=1S/C20H24N4O2.C14H12ClN3O.C6H13NO.CH4.7Y/c1-23-16-6-4-3-5-15(16)20(26)24(2)18-12-21-19(11-17(18)23)22-13-7-9-14(25)10-8-13;1-17-10-6-4-3-5-9(10)14(19)18(2)12-8-16-13(15)7-11(12)17;7-5-1-3-6(8)4-2-5;;;;;;;;/h3-6,11-14,25H,7-10H2,1-2H3,(H,21,22);3-8H,1-2H3;5-6,8H,1-4,7H2;1H4;;;;;;;. The average molecular weight is 1380 g/mol. The summed E-state index contributed by atoms with van der Waals surface area (Å²) in [4.78, 5) is 41.1. The quantitative estimate of drug-likeness (QED) is 0.153. The Morgan fingerprint density at radius 1 is 0.574 bits per heavy atom. The largest absolute Gasteiger partial charge is 0.393 e. The van der Waals surface area contributed by atoms with Gasteiger partial charge in [-0.25, -0.2) is 9.97 Å². The van der Waals surface area contributed by atoms with Crippen LogP contribution in [0.4, 0.5) is 39.9 Å². The molecule has 4 aromatic rings. The Labute approximate surface area is 543 Å². The molecule has 2 amide bonds. The van der Waals surface area contributed by atoms with Crippen LogP contribution in [0, 0.1) is 0 Å². The van der Waals surface area contributed by atoms with Gasteiger partial charge in [0.2, 0.25) is 0 Å². The monoisotopic (exact) mass is 1380 g/mol. The van der Waals surface area contributed by atoms with E-state index in [9.17, 15) is 14.7 Å². The second-order valence-electron chi connectivity index (χ2n) is 14.2. The third-order valence-corrected chi connectivity index (χ3v) is 10.7. The van der Waals surface area contributed by atoms with Crippen molar-refractivity contribution in [1.82, 2.24) is 9.97 Å². The number of pyridine rings is 2. The predicted molar refractivity (Wildman–Crippen MR) is 219 cm³/mol. The van der Waals surface area contributed by atoms with Crippen molar-refractivity contribution in [3.8, 4) is 0 Å². The molecule has 0 bridgehead atoms. The number of nitrogens with two attached hydrogens (primary N) is 1. The summed E-state index contributed by atoms with van der Waals surface area (Å²) in [6.45, 7) is 0. The van der Waals surface area contributed by atoms with Gasteiger partial charge in [-0.3, -0.25) is 9.59 Å². The van der Waals surface area contributed by atoms with Gasteiger partial charge in [-0.1, -0.05) is 43.3 Å². The van der Waals surface area contributed by atoms with Crippen LogP contribution in [0.2, 0.25) is 5.15 Å². The van der Waals surface area contributed by atoms with E-state index in [-0.39, 0.29) is 260 Å². The molecule has 2 fully saturated rings. The maximum atomic E-state index is 12.8. The van der Waals surface area contributed by atoms with Gasteiger partial charge in [-0.15, -0.1) is 0 Å². The van der Waals surface area contributed by atoms with Gasteiger partial charge in [-0.05, 0) is 75.6 Å². The van der Waals surface area contributed by atoms with Crippen molar-refractivity contribution in [2.45, 2.75) is 83.1 Å². The summed E-state index contributed by atoms with van der Waals surface area (Å²) in [7, 11) is 7.42. The number of aliphatic hydroxyl groups excluding tert-OH is 2. The van der Waals surface area contributed by atoms with E-state index >= 15 is 0 Å². The summed E-state index contributed by atoms with van der Waals surface area (Å²) >= 11 is 5.97. The number of fused-ring (bicyclic) bond motifs is 4. The SMILES string of the molecule is C.CN1C(=O)c2ccccc2N(C)c2cc(Cl)ncc21.CN1C(=O)c2ccccc2N(C)c2cc(NC3CCC(O)CC3)ncc21.NC1CCC(O)CC1.[Y].[Y].[Y].[Y].[Y].[Y].[Y]. The number of nitrogens with zero attached hydrogens (tertiary/aromatic N) is 6. The number of carbonyl (C=O) groups is 2. The maximum Gasteiger partial charge on any atom is 0.260 e. The van der Waals surface area contributed by atoms with E-state index in [1.54, 1.807) is 42.4 Å². The molecule has 0 atom stereocenters. The van der Waals surface area contributed by atoms with E-state index in [1.807, 2.05) is 78.5 Å². The summed E-state index contributed by atoms with van der Waals surface area (Å²) in [5, 5.41) is 22.5. The van der Waals surface area contributed by atoms with Gasteiger partial charge < -0.3 is 40.9 Å². The smallest absolute Gasteiger partial charge is 0.260 e. The van der Waals surface area contributed by atoms with Crippen LogP contribution in [0.5, 0.6) is 0 Å². The van der Waals surface area contributed by atoms with Crippen LogP contribution in [0.25, 0.3) is 0 Å². The summed E-state index contributed by atoms with van der Waals surface area (Å²) in [6.07, 6.45) is 10.5. The molecule has 8 rings (SSSR count). The number of hydrogen-bond acceptors (Lipinski definition) is 10. The van der Waals surface area contributed by atoms with Crippen LogP contribution in [-0.2, 0) is 229 Å². The summed E-state index contributed by atoms with van der Waals surface area (Å²) in [5.74, 6) is 0.720. The number of nitrogens with one attached hydrogen (secondary N) is 1. The van der Waals surface area contributed by atoms with Gasteiger partial charge in [0.1, 0.15) is 11.0 Å². The zero-order valence-corrected chi connectivity index (χ0v) is 55.4. The Hall–Kier alpha value is 2.98. The number of amides is 2. The van der Waals surface area contributed by atoms with Crippen molar-refractivity contribution < 1.29 is 249 Å². The molecule has 5 N–H and O–H groups in total. The molecule has 309 valence electrons. The molecule has 2 aromatic carbocycles. The van der Waals surface area contributed by atoms with Crippen LogP contribution >= 0.6 is 11.6 Å². The zero-order chi connectivity index (χ0) is 37.8. The van der Waals surface area contributed by atoms with E-state index in [0.29, 0.717) is 28.4 Å². The minimum absolute atomic E-state index is 0. The molecule has 2 aromatic heterocycles. The molecule has 0 saturated heterocycles. The molecule has 2 aliphatic carbocycles. The van der Waals surface area contributed by atoms with Crippen molar-refractivity contribution >= 4 is 63.4 Å². The summed E-state index contributed by atoms with van der Waals surface area (Å²) in [5.41, 5.74) is 12.0. The molecule has 12 nitrogen and oxygen atoms in total. The second-order valence-corrected chi connectivity index (χ2v) is 14.5. The third kappa shape index (κ3) is 17.7. The first kappa shape index (κ1) is 68.2. The Bertz CT molecular complexity index is 1950. The predicted octanol–water partition coefficient (Wildman–Crippen LogP) is 7.12. The molecule has 2 aliphatic heterocycles. The Balaban J connectivity index is -0.000000858. The first-order valence-corrected chi connectivity index (χ1v) is 18.6. The Morgan fingerprint density at radius 3 is 1.41 bits per heavy atom. The van der Waals surface area contributed by atoms with Crippen molar-refractivity contribution in [1.29, 1.82) is 0 Å². The van der Waals surface area contributed by atoms with E-state index in [1.165, 1.54) is 0 Å². The molecule has 4 heterocycles. The van der Waals surface area contributed by atoms with Crippen molar-refractivity contribution in [2.75, 3.05) is 53.1 Å². The zero-order valence-electron chi connectivity index (χ0n) is 34.8. The molecule has 0 unspecified atom stereocenters. The van der Waals surface area contributed by atoms with Crippen LogP contribution in [0.1, 0.15) is 79.5 Å².